The summed E-state index contributed by atoms with van der Waals surface area (Å²) in [6.45, 7) is 2.11. The number of nitrogens with zero attached hydrogens (tertiary/aromatic N) is 2. The molecule has 7 nitrogen and oxygen atoms in total. The number of rotatable bonds is 8. The van der Waals surface area contributed by atoms with Gasteiger partial charge in [0.1, 0.15) is 6.04 Å². The molecule has 1 aliphatic heterocycles. The Morgan fingerprint density at radius 1 is 1.06 bits per heavy atom. The van der Waals surface area contributed by atoms with Crippen molar-refractivity contribution in [3.8, 4) is 0 Å². The largest absolute Gasteiger partial charge is 0.357 e. The Morgan fingerprint density at radius 3 is 2.29 bits per heavy atom. The minimum atomic E-state index is -0.657. The zero-order chi connectivity index (χ0) is 22.5. The highest BCUT2D eigenvalue weighted by atomic mass is 79.9. The predicted molar refractivity (Wildman–Crippen MR) is 119 cm³/mol. The van der Waals surface area contributed by atoms with Gasteiger partial charge in [-0.3, -0.25) is 24.1 Å². The number of carbonyl (C=O) groups excluding carboxylic acids is 4. The first kappa shape index (κ1) is 22.7. The molecule has 0 bridgehead atoms. The molecule has 4 amide bonds. The second kappa shape index (κ2) is 9.87. The van der Waals surface area contributed by atoms with Crippen LogP contribution in [0.15, 0.2) is 53.0 Å². The molecule has 0 radical (unpaired) electrons. The number of likely N-dealkylation sites (N-methyl/N-ethyl adjacent to an activating group) is 1. The smallest absolute Gasteiger partial charge is 0.261 e. The van der Waals surface area contributed by atoms with E-state index < -0.39 is 6.04 Å². The van der Waals surface area contributed by atoms with Crippen LogP contribution in [0.5, 0.6) is 0 Å². The zero-order valence-electron chi connectivity index (χ0n) is 17.4. The Hall–Kier alpha value is -3.00. The maximum atomic E-state index is 13.0. The van der Waals surface area contributed by atoms with Gasteiger partial charge in [-0.2, -0.15) is 0 Å². The summed E-state index contributed by atoms with van der Waals surface area (Å²) in [6.07, 6.45) is 0.433. The minimum absolute atomic E-state index is 0.114. The molecule has 0 saturated heterocycles. The molecule has 1 aliphatic rings. The Morgan fingerprint density at radius 2 is 1.71 bits per heavy atom. The summed E-state index contributed by atoms with van der Waals surface area (Å²) in [6, 6.07) is 13.6. The lowest BCUT2D eigenvalue weighted by molar-refractivity contribution is -0.140. The van der Waals surface area contributed by atoms with E-state index in [0.29, 0.717) is 17.5 Å². The molecule has 3 rings (SSSR count). The lowest BCUT2D eigenvalue weighted by atomic mass is 10.1. The molecule has 2 aromatic carbocycles. The SMILES string of the molecule is CNC(=O)[C@@H](C)N(Cc1cccc(Br)c1)C(=O)CCCN1C(=O)c2ccccc2C1=O. The third-order valence-electron chi connectivity index (χ3n) is 5.31. The Bertz CT molecular complexity index is 988. The molecule has 8 heteroatoms. The fourth-order valence-electron chi connectivity index (χ4n) is 3.60. The van der Waals surface area contributed by atoms with Gasteiger partial charge in [-0.25, -0.2) is 0 Å². The highest BCUT2D eigenvalue weighted by Gasteiger charge is 2.35. The van der Waals surface area contributed by atoms with Crippen LogP contribution in [0, 0.1) is 0 Å². The first-order valence-electron chi connectivity index (χ1n) is 10.0. The molecule has 1 atom stereocenters. The number of halogens is 1. The Kier molecular flexibility index (Phi) is 7.22. The van der Waals surface area contributed by atoms with Crippen molar-refractivity contribution < 1.29 is 19.2 Å². The molecular weight excluding hydrogens is 462 g/mol. The summed E-state index contributed by atoms with van der Waals surface area (Å²) < 4.78 is 0.885. The number of imide groups is 1. The molecule has 1 heterocycles. The first-order valence-corrected chi connectivity index (χ1v) is 10.8. The van der Waals surface area contributed by atoms with E-state index in [-0.39, 0.29) is 43.1 Å². The van der Waals surface area contributed by atoms with Gasteiger partial charge in [-0.05, 0) is 43.2 Å². The second-order valence-corrected chi connectivity index (χ2v) is 8.27. The van der Waals surface area contributed by atoms with E-state index in [2.05, 4.69) is 21.2 Å². The van der Waals surface area contributed by atoms with E-state index in [1.165, 1.54) is 16.8 Å². The van der Waals surface area contributed by atoms with Gasteiger partial charge in [0.25, 0.3) is 11.8 Å². The van der Waals surface area contributed by atoms with E-state index in [4.69, 9.17) is 0 Å². The van der Waals surface area contributed by atoms with Gasteiger partial charge in [0, 0.05) is 31.0 Å². The molecule has 162 valence electrons. The lowest BCUT2D eigenvalue weighted by Crippen LogP contribution is -2.46. The van der Waals surface area contributed by atoms with E-state index >= 15 is 0 Å². The third kappa shape index (κ3) is 5.02. The topological polar surface area (TPSA) is 86.8 Å². The molecule has 31 heavy (non-hydrogen) atoms. The number of benzene rings is 2. The molecule has 2 aromatic rings. The van der Waals surface area contributed by atoms with Gasteiger partial charge in [0.15, 0.2) is 0 Å². The second-order valence-electron chi connectivity index (χ2n) is 7.35. The molecule has 1 N–H and O–H groups in total. The van der Waals surface area contributed by atoms with Gasteiger partial charge >= 0.3 is 0 Å². The number of nitrogens with one attached hydrogen (secondary N) is 1. The normalized spacial score (nSPS) is 13.7. The van der Waals surface area contributed by atoms with Crippen LogP contribution in [0.1, 0.15) is 46.0 Å². The molecule has 0 unspecified atom stereocenters. The predicted octanol–water partition coefficient (Wildman–Crippen LogP) is 2.99. The van der Waals surface area contributed by atoms with Crippen LogP contribution in [-0.2, 0) is 16.1 Å². The van der Waals surface area contributed by atoms with Crippen molar-refractivity contribution in [2.45, 2.75) is 32.4 Å². The van der Waals surface area contributed by atoms with E-state index in [1.54, 1.807) is 31.2 Å². The van der Waals surface area contributed by atoms with Crippen molar-refractivity contribution >= 4 is 39.6 Å². The van der Waals surface area contributed by atoms with Gasteiger partial charge in [0.05, 0.1) is 11.1 Å². The van der Waals surface area contributed by atoms with E-state index in [9.17, 15) is 19.2 Å². The number of hydrogen-bond donors (Lipinski definition) is 1. The van der Waals surface area contributed by atoms with Crippen molar-refractivity contribution in [3.63, 3.8) is 0 Å². The van der Waals surface area contributed by atoms with Gasteiger partial charge in [0.2, 0.25) is 11.8 Å². The summed E-state index contributed by atoms with van der Waals surface area (Å²) in [7, 11) is 1.53. The van der Waals surface area contributed by atoms with Crippen LogP contribution >= 0.6 is 15.9 Å². The van der Waals surface area contributed by atoms with Crippen molar-refractivity contribution in [3.05, 3.63) is 69.7 Å². The monoisotopic (exact) mass is 485 g/mol. The number of hydrogen-bond acceptors (Lipinski definition) is 4. The third-order valence-corrected chi connectivity index (χ3v) is 5.80. The summed E-state index contributed by atoms with van der Waals surface area (Å²) in [5.41, 5.74) is 1.67. The molecule has 0 saturated carbocycles. The minimum Gasteiger partial charge on any atom is -0.357 e. The summed E-state index contributed by atoms with van der Waals surface area (Å²) in [4.78, 5) is 52.8. The zero-order valence-corrected chi connectivity index (χ0v) is 19.0. The summed E-state index contributed by atoms with van der Waals surface area (Å²) >= 11 is 3.42. The fraction of sp³-hybridized carbons (Fsp3) is 0.304. The van der Waals surface area contributed by atoms with Gasteiger partial charge < -0.3 is 10.2 Å². The lowest BCUT2D eigenvalue weighted by Gasteiger charge is -2.28. The quantitative estimate of drug-likeness (QED) is 0.582. The number of fused-ring (bicyclic) bond motifs is 1. The van der Waals surface area contributed by atoms with Crippen LogP contribution in [0.25, 0.3) is 0 Å². The van der Waals surface area contributed by atoms with Crippen LogP contribution in [0.4, 0.5) is 0 Å². The van der Waals surface area contributed by atoms with Gasteiger partial charge in [-0.15, -0.1) is 0 Å². The summed E-state index contributed by atoms with van der Waals surface area (Å²) in [5, 5.41) is 2.58. The highest BCUT2D eigenvalue weighted by Crippen LogP contribution is 2.23. The molecule has 0 aliphatic carbocycles. The average molecular weight is 486 g/mol. The first-order chi connectivity index (χ1) is 14.8. The van der Waals surface area contributed by atoms with Crippen molar-refractivity contribution in [1.82, 2.24) is 15.1 Å². The molecular formula is C23H24BrN3O4. The molecule has 0 fully saturated rings. The number of amides is 4. The van der Waals surface area contributed by atoms with Crippen LogP contribution < -0.4 is 5.32 Å². The van der Waals surface area contributed by atoms with E-state index in [0.717, 1.165) is 10.0 Å². The fourth-order valence-corrected chi connectivity index (χ4v) is 4.04. The van der Waals surface area contributed by atoms with Crippen LogP contribution in [0.3, 0.4) is 0 Å². The maximum absolute atomic E-state index is 13.0. The standard InChI is InChI=1S/C23H24BrN3O4/c1-15(21(29)25-2)27(14-16-7-5-8-17(24)13-16)20(28)11-6-12-26-22(30)18-9-3-4-10-19(18)23(26)31/h3-5,7-10,13,15H,6,11-12,14H2,1-2H3,(H,25,29)/t15-/m1/s1. The van der Waals surface area contributed by atoms with Crippen molar-refractivity contribution in [2.24, 2.45) is 0 Å². The molecule has 0 spiro atoms. The van der Waals surface area contributed by atoms with E-state index in [1.807, 2.05) is 24.3 Å². The summed E-state index contributed by atoms with van der Waals surface area (Å²) in [5.74, 6) is -1.15. The van der Waals surface area contributed by atoms with Crippen molar-refractivity contribution in [2.75, 3.05) is 13.6 Å². The van der Waals surface area contributed by atoms with Crippen molar-refractivity contribution in [1.29, 1.82) is 0 Å². The Balaban J connectivity index is 1.66. The molecule has 0 aromatic heterocycles. The Labute approximate surface area is 189 Å². The van der Waals surface area contributed by atoms with Gasteiger partial charge in [-0.1, -0.05) is 40.2 Å². The van der Waals surface area contributed by atoms with Crippen LogP contribution in [-0.4, -0.2) is 53.1 Å². The number of carbonyl (C=O) groups is 4. The maximum Gasteiger partial charge on any atom is 0.261 e. The highest BCUT2D eigenvalue weighted by molar-refractivity contribution is 9.10. The van der Waals surface area contributed by atoms with Crippen LogP contribution in [0.2, 0.25) is 0 Å². The average Bonchev–Trinajstić information content (AvgIpc) is 3.01.